The molecular weight excluding hydrogens is 336 g/mol. The van der Waals surface area contributed by atoms with Crippen molar-refractivity contribution in [1.29, 1.82) is 0 Å². The molecule has 7 nitrogen and oxygen atoms in total. The summed E-state index contributed by atoms with van der Waals surface area (Å²) < 4.78 is 10.5. The van der Waals surface area contributed by atoms with E-state index in [0.717, 1.165) is 13.0 Å². The van der Waals surface area contributed by atoms with Crippen molar-refractivity contribution in [3.63, 3.8) is 0 Å². The summed E-state index contributed by atoms with van der Waals surface area (Å²) in [4.78, 5) is 39.0. The molecule has 0 spiro atoms. The molecule has 1 aliphatic rings. The normalized spacial score (nSPS) is 15.2. The molecule has 1 amide bonds. The highest BCUT2D eigenvalue weighted by molar-refractivity contribution is 5.94. The molecule has 7 heteroatoms. The number of rotatable bonds is 7. The Kier molecular flexibility index (Phi) is 7.59. The van der Waals surface area contributed by atoms with Crippen molar-refractivity contribution in [1.82, 2.24) is 9.80 Å². The Morgan fingerprint density at radius 2 is 1.77 bits per heavy atom. The number of amides is 1. The van der Waals surface area contributed by atoms with Crippen molar-refractivity contribution in [3.05, 3.63) is 29.8 Å². The Morgan fingerprint density at radius 1 is 1.04 bits per heavy atom. The van der Waals surface area contributed by atoms with Gasteiger partial charge in [0.25, 0.3) is 5.91 Å². The number of nitrogens with zero attached hydrogens (tertiary/aromatic N) is 2. The topological polar surface area (TPSA) is 76.2 Å². The first-order valence-corrected chi connectivity index (χ1v) is 8.89. The minimum absolute atomic E-state index is 0.00966. The number of esters is 1. The second-order valence-corrected chi connectivity index (χ2v) is 6.18. The molecule has 0 radical (unpaired) electrons. The summed E-state index contributed by atoms with van der Waals surface area (Å²) in [5.74, 6) is 0.231. The number of hydrogen-bond donors (Lipinski definition) is 0. The Hall–Kier alpha value is -2.41. The summed E-state index contributed by atoms with van der Waals surface area (Å²) in [5, 5.41) is 0. The first kappa shape index (κ1) is 19.9. The van der Waals surface area contributed by atoms with Gasteiger partial charge in [-0.25, -0.2) is 0 Å². The van der Waals surface area contributed by atoms with Crippen molar-refractivity contribution in [3.8, 4) is 5.75 Å². The second kappa shape index (κ2) is 9.91. The van der Waals surface area contributed by atoms with Crippen molar-refractivity contribution in [2.45, 2.75) is 20.3 Å². The van der Waals surface area contributed by atoms with Crippen LogP contribution >= 0.6 is 0 Å². The van der Waals surface area contributed by atoms with Crippen LogP contribution in [0.2, 0.25) is 0 Å². The van der Waals surface area contributed by atoms with Gasteiger partial charge in [-0.3, -0.25) is 19.3 Å². The lowest BCUT2D eigenvalue weighted by atomic mass is 10.1. The van der Waals surface area contributed by atoms with Gasteiger partial charge in [-0.2, -0.15) is 0 Å². The third kappa shape index (κ3) is 6.15. The molecule has 26 heavy (non-hydrogen) atoms. The van der Waals surface area contributed by atoms with Gasteiger partial charge in [0.1, 0.15) is 5.75 Å². The summed E-state index contributed by atoms with van der Waals surface area (Å²) in [7, 11) is 0. The fourth-order valence-electron chi connectivity index (χ4n) is 2.79. The lowest BCUT2D eigenvalue weighted by molar-refractivity contribution is -0.144. The van der Waals surface area contributed by atoms with Crippen LogP contribution in [0.3, 0.4) is 0 Å². The zero-order valence-electron chi connectivity index (χ0n) is 15.4. The van der Waals surface area contributed by atoms with Gasteiger partial charge in [-0.1, -0.05) is 0 Å². The van der Waals surface area contributed by atoms with E-state index in [4.69, 9.17) is 9.47 Å². The van der Waals surface area contributed by atoms with E-state index in [2.05, 4.69) is 0 Å². The van der Waals surface area contributed by atoms with Gasteiger partial charge in [0.15, 0.2) is 12.4 Å². The van der Waals surface area contributed by atoms with Gasteiger partial charge in [0.05, 0.1) is 13.2 Å². The lowest BCUT2D eigenvalue weighted by Crippen LogP contribution is -2.39. The molecular formula is C19H26N2O5. The van der Waals surface area contributed by atoms with E-state index in [-0.39, 0.29) is 30.8 Å². The average Bonchev–Trinajstić information content (AvgIpc) is 2.86. The van der Waals surface area contributed by atoms with Gasteiger partial charge in [0.2, 0.25) is 0 Å². The standard InChI is InChI=1S/C19H26N2O5/c1-3-25-19(24)13-20-9-4-10-21(12-11-20)18(23)14-26-17-7-5-16(6-8-17)15(2)22/h5-8H,3-4,9-14H2,1-2H3. The molecule has 142 valence electrons. The van der Waals surface area contributed by atoms with E-state index < -0.39 is 0 Å². The van der Waals surface area contributed by atoms with Gasteiger partial charge in [0, 0.05) is 31.7 Å². The summed E-state index contributed by atoms with van der Waals surface area (Å²) in [6.45, 7) is 6.48. The Morgan fingerprint density at radius 3 is 2.42 bits per heavy atom. The first-order valence-electron chi connectivity index (χ1n) is 8.89. The van der Waals surface area contributed by atoms with E-state index >= 15 is 0 Å². The van der Waals surface area contributed by atoms with Gasteiger partial charge in [-0.15, -0.1) is 0 Å². The molecule has 0 aromatic heterocycles. The molecule has 1 aromatic rings. The highest BCUT2D eigenvalue weighted by atomic mass is 16.5. The van der Waals surface area contributed by atoms with Crippen LogP contribution in [0.15, 0.2) is 24.3 Å². The van der Waals surface area contributed by atoms with Gasteiger partial charge in [-0.05, 0) is 44.5 Å². The Bertz CT molecular complexity index is 629. The van der Waals surface area contributed by atoms with Crippen LogP contribution in [0, 0.1) is 0 Å². The number of hydrogen-bond acceptors (Lipinski definition) is 6. The fraction of sp³-hybridized carbons (Fsp3) is 0.526. The molecule has 0 aliphatic carbocycles. The maximum atomic E-state index is 12.4. The van der Waals surface area contributed by atoms with Crippen LogP contribution in [0.4, 0.5) is 0 Å². The van der Waals surface area contributed by atoms with Gasteiger partial charge >= 0.3 is 5.97 Å². The van der Waals surface area contributed by atoms with E-state index in [9.17, 15) is 14.4 Å². The lowest BCUT2D eigenvalue weighted by Gasteiger charge is -2.21. The SMILES string of the molecule is CCOC(=O)CN1CCCN(C(=O)COc2ccc(C(C)=O)cc2)CC1. The largest absolute Gasteiger partial charge is 0.484 e. The molecule has 1 aliphatic heterocycles. The minimum atomic E-state index is -0.232. The molecule has 0 atom stereocenters. The maximum Gasteiger partial charge on any atom is 0.320 e. The number of ketones is 1. The monoisotopic (exact) mass is 362 g/mol. The van der Waals surface area contributed by atoms with Crippen LogP contribution in [-0.2, 0) is 14.3 Å². The van der Waals surface area contributed by atoms with Crippen LogP contribution in [0.25, 0.3) is 0 Å². The van der Waals surface area contributed by atoms with Crippen LogP contribution in [-0.4, -0.2) is 73.4 Å². The molecule has 0 saturated carbocycles. The summed E-state index contributed by atoms with van der Waals surface area (Å²) >= 11 is 0. The summed E-state index contributed by atoms with van der Waals surface area (Å²) in [6, 6.07) is 6.74. The minimum Gasteiger partial charge on any atom is -0.484 e. The number of benzene rings is 1. The molecule has 1 saturated heterocycles. The smallest absolute Gasteiger partial charge is 0.320 e. The van der Waals surface area contributed by atoms with Crippen LogP contribution < -0.4 is 4.74 Å². The number of Topliss-reactive ketones (excluding diaryl/α,β-unsaturated/α-hetero) is 1. The third-order valence-corrected chi connectivity index (χ3v) is 4.22. The van der Waals surface area contributed by atoms with Crippen molar-refractivity contribution >= 4 is 17.7 Å². The van der Waals surface area contributed by atoms with Crippen LogP contribution in [0.1, 0.15) is 30.6 Å². The van der Waals surface area contributed by atoms with Crippen molar-refractivity contribution in [2.24, 2.45) is 0 Å². The summed E-state index contributed by atoms with van der Waals surface area (Å²) in [6.07, 6.45) is 0.804. The third-order valence-electron chi connectivity index (χ3n) is 4.22. The van der Waals surface area contributed by atoms with E-state index in [1.54, 1.807) is 36.1 Å². The Balaban J connectivity index is 1.78. The number of ether oxygens (including phenoxy) is 2. The summed E-state index contributed by atoms with van der Waals surface area (Å²) in [5.41, 5.74) is 0.609. The predicted molar refractivity (Wildman–Crippen MR) is 96.2 cm³/mol. The molecule has 0 unspecified atom stereocenters. The highest BCUT2D eigenvalue weighted by Gasteiger charge is 2.21. The van der Waals surface area contributed by atoms with E-state index in [1.165, 1.54) is 6.92 Å². The molecule has 1 heterocycles. The molecule has 2 rings (SSSR count). The molecule has 1 aromatic carbocycles. The van der Waals surface area contributed by atoms with E-state index in [0.29, 0.717) is 37.6 Å². The molecule has 0 N–H and O–H groups in total. The van der Waals surface area contributed by atoms with Crippen molar-refractivity contribution < 1.29 is 23.9 Å². The van der Waals surface area contributed by atoms with Crippen LogP contribution in [0.5, 0.6) is 5.75 Å². The molecule has 1 fully saturated rings. The maximum absolute atomic E-state index is 12.4. The second-order valence-electron chi connectivity index (χ2n) is 6.18. The fourth-order valence-corrected chi connectivity index (χ4v) is 2.79. The zero-order valence-corrected chi connectivity index (χ0v) is 15.4. The average molecular weight is 362 g/mol. The quantitative estimate of drug-likeness (QED) is 0.539. The number of carbonyl (C=O) groups is 3. The predicted octanol–water partition coefficient (Wildman–Crippen LogP) is 1.37. The zero-order chi connectivity index (χ0) is 18.9. The highest BCUT2D eigenvalue weighted by Crippen LogP contribution is 2.13. The molecule has 0 bridgehead atoms. The Labute approximate surface area is 153 Å². The first-order chi connectivity index (χ1) is 12.5. The number of carbonyl (C=O) groups excluding carboxylic acids is 3. The van der Waals surface area contributed by atoms with Gasteiger partial charge < -0.3 is 14.4 Å². The van der Waals surface area contributed by atoms with Crippen molar-refractivity contribution in [2.75, 3.05) is 45.9 Å². The van der Waals surface area contributed by atoms with E-state index in [1.807, 2.05) is 4.90 Å².